The van der Waals surface area contributed by atoms with Gasteiger partial charge in [0, 0.05) is 17.1 Å². The van der Waals surface area contributed by atoms with Crippen molar-refractivity contribution in [2.45, 2.75) is 40.7 Å². The standard InChI is InChI=1S/C33H32BrN3O6S/c1-8-43-32(40)28-19(4)35-33-37(29(28)21-12-13-26(41-6)24(34)15-21)30(38)27(44-33)16-22-14-17(2)36(20(22)5)25-11-9-10-23(18(25)3)31(39)42-7/h9-16,29H,8H2,1-7H3/b27-16+/t29-/m1/s1. The summed E-state index contributed by atoms with van der Waals surface area (Å²) in [6.45, 7) is 9.53. The molecule has 44 heavy (non-hydrogen) atoms. The van der Waals surface area contributed by atoms with Gasteiger partial charge in [-0.25, -0.2) is 14.6 Å². The van der Waals surface area contributed by atoms with Crippen LogP contribution in [-0.2, 0) is 14.3 Å². The van der Waals surface area contributed by atoms with Crippen molar-refractivity contribution < 1.29 is 23.8 Å². The van der Waals surface area contributed by atoms with Gasteiger partial charge >= 0.3 is 11.9 Å². The fourth-order valence-electron chi connectivity index (χ4n) is 5.60. The zero-order valence-corrected chi connectivity index (χ0v) is 27.9. The number of nitrogens with zero attached hydrogens (tertiary/aromatic N) is 3. The molecule has 0 saturated carbocycles. The molecular formula is C33H32BrN3O6S. The number of rotatable bonds is 7. The van der Waals surface area contributed by atoms with Gasteiger partial charge in [0.15, 0.2) is 4.80 Å². The highest BCUT2D eigenvalue weighted by Crippen LogP contribution is 2.35. The van der Waals surface area contributed by atoms with Gasteiger partial charge < -0.3 is 18.8 Å². The maximum absolute atomic E-state index is 14.1. The van der Waals surface area contributed by atoms with E-state index in [2.05, 4.69) is 25.5 Å². The molecule has 1 atom stereocenters. The molecule has 0 amide bonds. The van der Waals surface area contributed by atoms with Crippen molar-refractivity contribution in [2.75, 3.05) is 20.8 Å². The molecule has 2 aromatic heterocycles. The third-order valence-corrected chi connectivity index (χ3v) is 9.32. The van der Waals surface area contributed by atoms with E-state index in [-0.39, 0.29) is 12.2 Å². The van der Waals surface area contributed by atoms with Gasteiger partial charge in [0.1, 0.15) is 5.75 Å². The van der Waals surface area contributed by atoms with E-state index in [9.17, 15) is 14.4 Å². The second-order valence-electron chi connectivity index (χ2n) is 10.3. The maximum atomic E-state index is 14.1. The molecule has 0 unspecified atom stereocenters. The number of hydrogen-bond acceptors (Lipinski definition) is 8. The second kappa shape index (κ2) is 12.4. The summed E-state index contributed by atoms with van der Waals surface area (Å²) in [6, 6.07) is 12.2. The van der Waals surface area contributed by atoms with Gasteiger partial charge in [-0.2, -0.15) is 0 Å². The number of aromatic nitrogens is 2. The van der Waals surface area contributed by atoms with Crippen LogP contribution >= 0.6 is 27.3 Å². The van der Waals surface area contributed by atoms with Crippen molar-refractivity contribution in [1.29, 1.82) is 0 Å². The first-order chi connectivity index (χ1) is 21.0. The zero-order chi connectivity index (χ0) is 31.9. The molecule has 0 fully saturated rings. The summed E-state index contributed by atoms with van der Waals surface area (Å²) in [5.74, 6) is -0.292. The molecule has 0 N–H and O–H groups in total. The van der Waals surface area contributed by atoms with Crippen LogP contribution in [0.15, 0.2) is 68.0 Å². The van der Waals surface area contributed by atoms with Gasteiger partial charge in [0.05, 0.1) is 52.7 Å². The Morgan fingerprint density at radius 3 is 2.48 bits per heavy atom. The van der Waals surface area contributed by atoms with Gasteiger partial charge in [-0.05, 0) is 104 Å². The molecule has 3 heterocycles. The Labute approximate surface area is 266 Å². The van der Waals surface area contributed by atoms with Crippen molar-refractivity contribution in [3.8, 4) is 11.4 Å². The number of aryl methyl sites for hydroxylation is 1. The number of carbonyl (C=O) groups excluding carboxylic acids is 2. The number of thiazole rings is 1. The van der Waals surface area contributed by atoms with E-state index >= 15 is 0 Å². The normalized spacial score (nSPS) is 14.7. The fraction of sp³-hybridized carbons (Fsp3) is 0.273. The fourth-order valence-corrected chi connectivity index (χ4v) is 7.20. The molecular weight excluding hydrogens is 646 g/mol. The number of esters is 2. The molecule has 0 saturated heterocycles. The van der Waals surface area contributed by atoms with Gasteiger partial charge in [0.25, 0.3) is 5.56 Å². The van der Waals surface area contributed by atoms with Crippen LogP contribution in [0.4, 0.5) is 0 Å². The van der Waals surface area contributed by atoms with Crippen LogP contribution in [0.1, 0.15) is 58.3 Å². The van der Waals surface area contributed by atoms with Crippen LogP contribution in [0.25, 0.3) is 11.8 Å². The largest absolute Gasteiger partial charge is 0.496 e. The minimum Gasteiger partial charge on any atom is -0.496 e. The van der Waals surface area contributed by atoms with Crippen LogP contribution in [0.5, 0.6) is 5.75 Å². The maximum Gasteiger partial charge on any atom is 0.338 e. The van der Waals surface area contributed by atoms with E-state index in [1.165, 1.54) is 18.4 Å². The van der Waals surface area contributed by atoms with Gasteiger partial charge in [-0.1, -0.05) is 23.5 Å². The summed E-state index contributed by atoms with van der Waals surface area (Å²) >= 11 is 4.81. The summed E-state index contributed by atoms with van der Waals surface area (Å²) in [7, 11) is 2.94. The topological polar surface area (TPSA) is 101 Å². The van der Waals surface area contributed by atoms with Gasteiger partial charge in [-0.15, -0.1) is 0 Å². The summed E-state index contributed by atoms with van der Waals surface area (Å²) in [6.07, 6.45) is 1.85. The predicted molar refractivity (Wildman–Crippen MR) is 172 cm³/mol. The quantitative estimate of drug-likeness (QED) is 0.253. The highest BCUT2D eigenvalue weighted by atomic mass is 79.9. The van der Waals surface area contributed by atoms with E-state index in [1.54, 1.807) is 37.7 Å². The molecule has 1 aliphatic heterocycles. The SMILES string of the molecule is CCOC(=O)C1=C(C)N=c2s/c(=C/c3cc(C)n(-c4cccc(C(=O)OC)c4C)c3C)c(=O)n2[C@@H]1c1ccc(OC)c(Br)c1. The Kier molecular flexibility index (Phi) is 8.80. The summed E-state index contributed by atoms with van der Waals surface area (Å²) in [5.41, 5.74) is 6.06. The van der Waals surface area contributed by atoms with E-state index in [0.717, 1.165) is 28.2 Å². The molecule has 0 aliphatic carbocycles. The lowest BCUT2D eigenvalue weighted by Gasteiger charge is -2.25. The van der Waals surface area contributed by atoms with Crippen LogP contribution in [-0.4, -0.2) is 41.9 Å². The lowest BCUT2D eigenvalue weighted by Crippen LogP contribution is -2.40. The third-order valence-electron chi connectivity index (χ3n) is 7.72. The van der Waals surface area contributed by atoms with Crippen molar-refractivity contribution in [3.63, 3.8) is 0 Å². The number of carbonyl (C=O) groups is 2. The second-order valence-corrected chi connectivity index (χ2v) is 12.2. The molecule has 228 valence electrons. The Morgan fingerprint density at radius 2 is 1.82 bits per heavy atom. The summed E-state index contributed by atoms with van der Waals surface area (Å²) < 4.78 is 20.6. The highest BCUT2D eigenvalue weighted by molar-refractivity contribution is 9.10. The molecule has 5 rings (SSSR count). The van der Waals surface area contributed by atoms with Crippen LogP contribution in [0.2, 0.25) is 0 Å². The Morgan fingerprint density at radius 1 is 1.07 bits per heavy atom. The number of hydrogen-bond donors (Lipinski definition) is 0. The van der Waals surface area contributed by atoms with Crippen molar-refractivity contribution in [1.82, 2.24) is 9.13 Å². The number of allylic oxidation sites excluding steroid dienone is 1. The lowest BCUT2D eigenvalue weighted by atomic mass is 9.96. The number of benzene rings is 2. The molecule has 0 spiro atoms. The van der Waals surface area contributed by atoms with Crippen molar-refractivity contribution in [3.05, 3.63) is 112 Å². The average molecular weight is 679 g/mol. The predicted octanol–water partition coefficient (Wildman–Crippen LogP) is 5.07. The molecule has 1 aliphatic rings. The van der Waals surface area contributed by atoms with Crippen LogP contribution < -0.4 is 19.6 Å². The zero-order valence-electron chi connectivity index (χ0n) is 25.5. The summed E-state index contributed by atoms with van der Waals surface area (Å²) in [5, 5.41) is 0. The molecule has 0 bridgehead atoms. The minimum atomic E-state index is -0.745. The van der Waals surface area contributed by atoms with E-state index in [1.807, 2.05) is 57.2 Å². The number of fused-ring (bicyclic) bond motifs is 1. The van der Waals surface area contributed by atoms with Crippen molar-refractivity contribution in [2.24, 2.45) is 4.99 Å². The third kappa shape index (κ3) is 5.35. The van der Waals surface area contributed by atoms with Gasteiger partial charge in [-0.3, -0.25) is 9.36 Å². The first-order valence-electron chi connectivity index (χ1n) is 13.9. The van der Waals surface area contributed by atoms with E-state index in [4.69, 9.17) is 14.2 Å². The van der Waals surface area contributed by atoms with Crippen LogP contribution in [0.3, 0.4) is 0 Å². The Bertz CT molecular complexity index is 2030. The van der Waals surface area contributed by atoms with Gasteiger partial charge in [0.2, 0.25) is 0 Å². The van der Waals surface area contributed by atoms with Crippen LogP contribution in [0, 0.1) is 20.8 Å². The minimum absolute atomic E-state index is 0.191. The highest BCUT2D eigenvalue weighted by Gasteiger charge is 2.33. The molecule has 0 radical (unpaired) electrons. The number of methoxy groups -OCH3 is 2. The molecule has 4 aromatic rings. The number of halogens is 1. The molecule has 2 aromatic carbocycles. The Balaban J connectivity index is 1.69. The molecule has 11 heteroatoms. The Hall–Kier alpha value is -4.22. The lowest BCUT2D eigenvalue weighted by molar-refractivity contribution is -0.139. The first-order valence-corrected chi connectivity index (χ1v) is 15.5. The first kappa shape index (κ1) is 31.2. The number of ether oxygens (including phenoxy) is 3. The summed E-state index contributed by atoms with van der Waals surface area (Å²) in [4.78, 5) is 44.9. The average Bonchev–Trinajstić information content (AvgIpc) is 3.45. The van der Waals surface area contributed by atoms with Crippen molar-refractivity contribution >= 4 is 45.3 Å². The van der Waals surface area contributed by atoms with E-state index in [0.29, 0.717) is 42.0 Å². The monoisotopic (exact) mass is 677 g/mol. The molecule has 9 nitrogen and oxygen atoms in total. The smallest absolute Gasteiger partial charge is 0.338 e. The van der Waals surface area contributed by atoms with E-state index < -0.39 is 18.0 Å².